The van der Waals surface area contributed by atoms with E-state index in [2.05, 4.69) is 25.9 Å². The minimum absolute atomic E-state index is 0.0202. The Morgan fingerprint density at radius 3 is 2.78 bits per heavy atom. The topological polar surface area (TPSA) is 167 Å². The van der Waals surface area contributed by atoms with Crippen LogP contribution in [0.15, 0.2) is 27.6 Å². The van der Waals surface area contributed by atoms with E-state index in [9.17, 15) is 19.5 Å². The lowest BCUT2D eigenvalue weighted by Gasteiger charge is -2.50. The molecule has 2 aliphatic heterocycles. The van der Waals surface area contributed by atoms with E-state index in [1.807, 2.05) is 6.92 Å². The molecule has 0 radical (unpaired) electrons. The number of nitrogens with zero attached hydrogens (tertiary/aromatic N) is 4. The van der Waals surface area contributed by atoms with Crippen molar-refractivity contribution in [3.8, 4) is 0 Å². The number of carbonyl (C=O) groups excluding carboxylic acids is 2. The highest BCUT2D eigenvalue weighted by atomic mass is 32.2. The average molecular weight is 480 g/mol. The molecular formula is C19H25N7O4S2. The highest BCUT2D eigenvalue weighted by molar-refractivity contribution is 8.01. The van der Waals surface area contributed by atoms with Gasteiger partial charge in [0.25, 0.3) is 5.91 Å². The van der Waals surface area contributed by atoms with Crippen LogP contribution in [0.3, 0.4) is 0 Å². The fraction of sp³-hybridized carbons (Fsp3) is 0.579. The first-order chi connectivity index (χ1) is 15.4. The van der Waals surface area contributed by atoms with Gasteiger partial charge in [0.05, 0.1) is 0 Å². The van der Waals surface area contributed by atoms with Gasteiger partial charge in [-0.15, -0.1) is 22.0 Å². The Kier molecular flexibility index (Phi) is 6.86. The number of carboxylic acids is 1. The van der Waals surface area contributed by atoms with Crippen molar-refractivity contribution in [2.24, 2.45) is 5.73 Å². The van der Waals surface area contributed by atoms with Crippen molar-refractivity contribution >= 4 is 41.3 Å². The molecule has 0 aromatic carbocycles. The zero-order valence-corrected chi connectivity index (χ0v) is 19.2. The van der Waals surface area contributed by atoms with Crippen molar-refractivity contribution in [1.29, 1.82) is 0 Å². The van der Waals surface area contributed by atoms with E-state index in [0.29, 0.717) is 23.0 Å². The summed E-state index contributed by atoms with van der Waals surface area (Å²) in [4.78, 5) is 38.8. The number of nitrogens with two attached hydrogens (primary N) is 1. The van der Waals surface area contributed by atoms with Crippen LogP contribution in [-0.2, 0) is 14.4 Å². The summed E-state index contributed by atoms with van der Waals surface area (Å²) < 4.78 is 0. The quantitative estimate of drug-likeness (QED) is 0.236. The molecule has 13 heteroatoms. The van der Waals surface area contributed by atoms with Gasteiger partial charge in [-0.1, -0.05) is 22.9 Å². The number of aromatic amines is 1. The Hall–Kier alpha value is -2.38. The third kappa shape index (κ3) is 4.41. The van der Waals surface area contributed by atoms with Crippen LogP contribution in [0.2, 0.25) is 0 Å². The Labute approximate surface area is 193 Å². The van der Waals surface area contributed by atoms with E-state index in [1.165, 1.54) is 28.4 Å². The molecule has 3 aliphatic rings. The fourth-order valence-electron chi connectivity index (χ4n) is 4.29. The lowest BCUT2D eigenvalue weighted by molar-refractivity contribution is -0.150. The van der Waals surface area contributed by atoms with Crippen LogP contribution < -0.4 is 11.1 Å². The summed E-state index contributed by atoms with van der Waals surface area (Å²) in [6, 6.07) is -0.728. The minimum Gasteiger partial charge on any atom is -0.477 e. The van der Waals surface area contributed by atoms with Crippen molar-refractivity contribution in [2.75, 3.05) is 12.3 Å². The molecule has 1 aromatic rings. The molecular weight excluding hydrogens is 454 g/mol. The number of tetrazole rings is 1. The number of hydrogen-bond acceptors (Lipinski definition) is 9. The molecule has 0 bridgehead atoms. The Morgan fingerprint density at radius 1 is 1.38 bits per heavy atom. The van der Waals surface area contributed by atoms with Crippen molar-refractivity contribution in [1.82, 2.24) is 30.8 Å². The molecule has 0 spiro atoms. The number of aliphatic carboxylic acids is 1. The van der Waals surface area contributed by atoms with Crippen molar-refractivity contribution < 1.29 is 19.5 Å². The Morgan fingerprint density at radius 2 is 2.12 bits per heavy atom. The molecule has 172 valence electrons. The first-order valence-corrected chi connectivity index (χ1v) is 12.3. The maximum Gasteiger partial charge on any atom is 0.352 e. The Balaban J connectivity index is 1.45. The second-order valence-electron chi connectivity index (χ2n) is 7.88. The van der Waals surface area contributed by atoms with E-state index < -0.39 is 23.3 Å². The number of thioether (sulfide) groups is 2. The van der Waals surface area contributed by atoms with Gasteiger partial charge in [0.2, 0.25) is 11.1 Å². The standard InChI is InChI=1S/C19H25N7O4S2/c1-9(32-19-22-24-25-23-19)12-8-31-17-14(16(28)26(17)15(12)18(29)30)21-13(27)6-10-4-2-3-5-11(10)7-20/h9,14,17H,2-8,20H2,1H3,(H,21,27)(H,29,30)(H,22,23,24,25)/t9?,14?,17-/m0/s1. The van der Waals surface area contributed by atoms with Crippen molar-refractivity contribution in [3.63, 3.8) is 0 Å². The van der Waals surface area contributed by atoms with Gasteiger partial charge in [0, 0.05) is 24.0 Å². The third-order valence-electron chi connectivity index (χ3n) is 5.94. The van der Waals surface area contributed by atoms with Gasteiger partial charge in [0.15, 0.2) is 0 Å². The molecule has 1 saturated heterocycles. The second kappa shape index (κ2) is 9.63. The second-order valence-corrected chi connectivity index (χ2v) is 10.3. The number of carbonyl (C=O) groups is 3. The first-order valence-electron chi connectivity index (χ1n) is 10.4. The summed E-state index contributed by atoms with van der Waals surface area (Å²) >= 11 is 2.71. The summed E-state index contributed by atoms with van der Waals surface area (Å²) in [5.74, 6) is -1.36. The van der Waals surface area contributed by atoms with Gasteiger partial charge < -0.3 is 16.2 Å². The van der Waals surface area contributed by atoms with Gasteiger partial charge in [-0.25, -0.2) is 4.79 Å². The molecule has 1 aromatic heterocycles. The summed E-state index contributed by atoms with van der Waals surface area (Å²) in [5, 5.41) is 26.0. The normalized spacial score (nSPS) is 24.2. The summed E-state index contributed by atoms with van der Waals surface area (Å²) in [6.07, 6.45) is 4.13. The molecule has 0 saturated carbocycles. The minimum atomic E-state index is -1.16. The van der Waals surface area contributed by atoms with Gasteiger partial charge in [-0.2, -0.15) is 5.21 Å². The molecule has 4 rings (SSSR count). The highest BCUT2D eigenvalue weighted by Crippen LogP contribution is 2.43. The van der Waals surface area contributed by atoms with Crippen LogP contribution >= 0.6 is 23.5 Å². The number of H-pyrrole nitrogens is 1. The first kappa shape index (κ1) is 22.8. The smallest absolute Gasteiger partial charge is 0.352 e. The lowest BCUT2D eigenvalue weighted by Crippen LogP contribution is -2.70. The molecule has 5 N–H and O–H groups in total. The largest absolute Gasteiger partial charge is 0.477 e. The van der Waals surface area contributed by atoms with Gasteiger partial charge in [-0.05, 0) is 43.4 Å². The van der Waals surface area contributed by atoms with Crippen molar-refractivity contribution in [2.45, 2.75) is 60.8 Å². The highest BCUT2D eigenvalue weighted by Gasteiger charge is 2.54. The number of fused-ring (bicyclic) bond motifs is 1. The molecule has 11 nitrogen and oxygen atoms in total. The van der Waals surface area contributed by atoms with E-state index in [4.69, 9.17) is 5.73 Å². The molecule has 3 heterocycles. The van der Waals surface area contributed by atoms with Crippen LogP contribution in [0.25, 0.3) is 0 Å². The lowest BCUT2D eigenvalue weighted by atomic mass is 9.89. The number of amides is 2. The number of hydrogen-bond donors (Lipinski definition) is 4. The number of aromatic nitrogens is 4. The van der Waals surface area contributed by atoms with Gasteiger partial charge in [0.1, 0.15) is 17.1 Å². The van der Waals surface area contributed by atoms with Crippen molar-refractivity contribution in [3.05, 3.63) is 22.4 Å². The maximum atomic E-state index is 12.9. The average Bonchev–Trinajstić information content (AvgIpc) is 3.29. The van der Waals surface area contributed by atoms with Crippen LogP contribution in [0.5, 0.6) is 0 Å². The molecule has 3 atom stereocenters. The monoisotopic (exact) mass is 479 g/mol. The molecule has 32 heavy (non-hydrogen) atoms. The van der Waals surface area contributed by atoms with Gasteiger partial charge in [-0.3, -0.25) is 14.5 Å². The predicted molar refractivity (Wildman–Crippen MR) is 118 cm³/mol. The van der Waals surface area contributed by atoms with Crippen LogP contribution in [0.4, 0.5) is 0 Å². The van der Waals surface area contributed by atoms with Crippen LogP contribution in [0.1, 0.15) is 39.0 Å². The summed E-state index contributed by atoms with van der Waals surface area (Å²) in [7, 11) is 0. The Bertz CT molecular complexity index is 978. The molecule has 2 amide bonds. The van der Waals surface area contributed by atoms with E-state index in [1.54, 1.807) is 0 Å². The predicted octanol–water partition coefficient (Wildman–Crippen LogP) is 0.638. The number of rotatable bonds is 8. The maximum absolute atomic E-state index is 12.9. The zero-order valence-electron chi connectivity index (χ0n) is 17.5. The SMILES string of the molecule is CC(Sc1nn[nH]n1)C1=C(C(=O)O)N2C(=O)C(NC(=O)CC3=C(CN)CCCC3)[C@@H]2SC1. The number of carboxylic acid groups (broad SMARTS) is 1. The molecule has 1 fully saturated rings. The summed E-state index contributed by atoms with van der Waals surface area (Å²) in [5.41, 5.74) is 8.61. The fourth-order valence-corrected chi connectivity index (χ4v) is 6.71. The summed E-state index contributed by atoms with van der Waals surface area (Å²) in [6.45, 7) is 2.30. The van der Waals surface area contributed by atoms with Crippen LogP contribution in [-0.4, -0.2) is 77.4 Å². The number of β-lactam (4-membered cyclic amide) rings is 1. The van der Waals surface area contributed by atoms with E-state index >= 15 is 0 Å². The van der Waals surface area contributed by atoms with E-state index in [-0.39, 0.29) is 23.3 Å². The van der Waals surface area contributed by atoms with Gasteiger partial charge >= 0.3 is 5.97 Å². The van der Waals surface area contributed by atoms with E-state index in [0.717, 1.165) is 36.8 Å². The zero-order chi connectivity index (χ0) is 22.8. The number of nitrogens with one attached hydrogen (secondary N) is 2. The molecule has 1 aliphatic carbocycles. The third-order valence-corrected chi connectivity index (χ3v) is 8.27. The molecule has 2 unspecified atom stereocenters. The van der Waals surface area contributed by atoms with Crippen LogP contribution in [0, 0.1) is 0 Å².